The van der Waals surface area contributed by atoms with Crippen molar-refractivity contribution in [3.8, 4) is 0 Å². The largest absolute Gasteiger partial charge is 0.461 e. The summed E-state index contributed by atoms with van der Waals surface area (Å²) in [4.78, 5) is 11.5. The Labute approximate surface area is 95.9 Å². The maximum atomic E-state index is 11.5. The van der Waals surface area contributed by atoms with Crippen LogP contribution in [-0.4, -0.2) is 41.5 Å². The zero-order valence-corrected chi connectivity index (χ0v) is 10.1. The Bertz CT molecular complexity index is 234. The van der Waals surface area contributed by atoms with Gasteiger partial charge in [0.05, 0.1) is 18.3 Å². The van der Waals surface area contributed by atoms with E-state index in [2.05, 4.69) is 0 Å². The van der Waals surface area contributed by atoms with E-state index < -0.39 is 18.1 Å². The number of esters is 1. The minimum atomic E-state index is -0.964. The molecule has 1 fully saturated rings. The van der Waals surface area contributed by atoms with Crippen molar-refractivity contribution >= 4 is 5.97 Å². The van der Waals surface area contributed by atoms with Crippen LogP contribution in [0.5, 0.6) is 0 Å². The van der Waals surface area contributed by atoms with Crippen molar-refractivity contribution in [3.63, 3.8) is 0 Å². The van der Waals surface area contributed by atoms with Crippen molar-refractivity contribution < 1.29 is 19.4 Å². The zero-order valence-electron chi connectivity index (χ0n) is 10.1. The first-order valence-electron chi connectivity index (χ1n) is 5.69. The van der Waals surface area contributed by atoms with Gasteiger partial charge < -0.3 is 20.3 Å². The minimum Gasteiger partial charge on any atom is -0.461 e. The van der Waals surface area contributed by atoms with Gasteiger partial charge in [-0.15, -0.1) is 0 Å². The minimum absolute atomic E-state index is 0.0873. The van der Waals surface area contributed by atoms with E-state index in [0.717, 1.165) is 0 Å². The highest BCUT2D eigenvalue weighted by Gasteiger charge is 2.29. The summed E-state index contributed by atoms with van der Waals surface area (Å²) in [5.41, 5.74) is 5.49. The summed E-state index contributed by atoms with van der Waals surface area (Å²) >= 11 is 0. The number of carbonyl (C=O) groups excluding carboxylic acids is 1. The molecule has 1 rings (SSSR count). The fourth-order valence-corrected chi connectivity index (χ4v) is 1.88. The topological polar surface area (TPSA) is 81.8 Å². The van der Waals surface area contributed by atoms with Gasteiger partial charge in [0, 0.05) is 12.8 Å². The molecule has 0 saturated carbocycles. The molecule has 4 atom stereocenters. The monoisotopic (exact) mass is 231 g/mol. The lowest BCUT2D eigenvalue weighted by Crippen LogP contribution is -2.44. The Morgan fingerprint density at radius 3 is 2.38 bits per heavy atom. The first kappa shape index (κ1) is 13.4. The molecule has 1 heterocycles. The summed E-state index contributed by atoms with van der Waals surface area (Å²) in [7, 11) is 0. The van der Waals surface area contributed by atoms with Gasteiger partial charge in [-0.05, 0) is 20.8 Å². The van der Waals surface area contributed by atoms with Crippen LogP contribution in [0.15, 0.2) is 0 Å². The van der Waals surface area contributed by atoms with Crippen LogP contribution in [0.3, 0.4) is 0 Å². The second kappa shape index (κ2) is 5.61. The lowest BCUT2D eigenvalue weighted by Gasteiger charge is -2.32. The summed E-state index contributed by atoms with van der Waals surface area (Å²) in [6.07, 6.45) is 0.498. The van der Waals surface area contributed by atoms with Gasteiger partial charge in [0.1, 0.15) is 12.1 Å². The molecule has 16 heavy (non-hydrogen) atoms. The molecule has 1 saturated heterocycles. The third-order valence-corrected chi connectivity index (χ3v) is 2.73. The first-order valence-corrected chi connectivity index (χ1v) is 5.69. The Balaban J connectivity index is 2.44. The quantitative estimate of drug-likeness (QED) is 0.678. The van der Waals surface area contributed by atoms with E-state index in [1.807, 2.05) is 13.8 Å². The van der Waals surface area contributed by atoms with Gasteiger partial charge in [-0.25, -0.2) is 0 Å². The van der Waals surface area contributed by atoms with Crippen molar-refractivity contribution in [1.82, 2.24) is 0 Å². The van der Waals surface area contributed by atoms with Crippen molar-refractivity contribution in [3.05, 3.63) is 0 Å². The third kappa shape index (κ3) is 3.73. The number of hydrogen-bond acceptors (Lipinski definition) is 5. The SMILES string of the molecule is CC1CC(OC(=O)[C@@H](N)[C@@H](C)O)CC(C)O1. The molecule has 0 amide bonds. The molecule has 0 bridgehead atoms. The maximum absolute atomic E-state index is 11.5. The Kier molecular flexibility index (Phi) is 4.70. The zero-order chi connectivity index (χ0) is 12.3. The molecule has 2 unspecified atom stereocenters. The second-order valence-corrected chi connectivity index (χ2v) is 4.55. The second-order valence-electron chi connectivity index (χ2n) is 4.55. The summed E-state index contributed by atoms with van der Waals surface area (Å²) in [6.45, 7) is 5.37. The predicted octanol–water partition coefficient (Wildman–Crippen LogP) is 0.194. The van der Waals surface area contributed by atoms with Gasteiger partial charge in [-0.2, -0.15) is 0 Å². The van der Waals surface area contributed by atoms with Crippen LogP contribution in [0, 0.1) is 0 Å². The molecule has 1 aliphatic rings. The fourth-order valence-electron chi connectivity index (χ4n) is 1.88. The van der Waals surface area contributed by atoms with Gasteiger partial charge in [0.25, 0.3) is 0 Å². The molecule has 5 heteroatoms. The highest BCUT2D eigenvalue weighted by atomic mass is 16.6. The highest BCUT2D eigenvalue weighted by Crippen LogP contribution is 2.21. The average molecular weight is 231 g/mol. The number of nitrogens with two attached hydrogens (primary N) is 1. The van der Waals surface area contributed by atoms with Gasteiger partial charge in [-0.1, -0.05) is 0 Å². The van der Waals surface area contributed by atoms with Gasteiger partial charge in [0.15, 0.2) is 0 Å². The van der Waals surface area contributed by atoms with E-state index in [-0.39, 0.29) is 18.3 Å². The molecule has 5 nitrogen and oxygen atoms in total. The fraction of sp³-hybridized carbons (Fsp3) is 0.909. The molecule has 0 aliphatic carbocycles. The van der Waals surface area contributed by atoms with Gasteiger partial charge in [0.2, 0.25) is 0 Å². The van der Waals surface area contributed by atoms with Crippen LogP contribution in [0.1, 0.15) is 33.6 Å². The van der Waals surface area contributed by atoms with Crippen LogP contribution in [0.25, 0.3) is 0 Å². The molecule has 0 aromatic rings. The lowest BCUT2D eigenvalue weighted by molar-refractivity contribution is -0.163. The maximum Gasteiger partial charge on any atom is 0.325 e. The van der Waals surface area contributed by atoms with Crippen molar-refractivity contribution in [2.75, 3.05) is 0 Å². The molecule has 0 aromatic carbocycles. The third-order valence-electron chi connectivity index (χ3n) is 2.73. The molecular weight excluding hydrogens is 210 g/mol. The molecule has 0 spiro atoms. The predicted molar refractivity (Wildman–Crippen MR) is 58.8 cm³/mol. The molecular formula is C11H21NO4. The highest BCUT2D eigenvalue weighted by molar-refractivity contribution is 5.76. The number of aliphatic hydroxyl groups excluding tert-OH is 1. The summed E-state index contributed by atoms with van der Waals surface area (Å²) in [5, 5.41) is 9.17. The van der Waals surface area contributed by atoms with Crippen molar-refractivity contribution in [2.24, 2.45) is 5.73 Å². The first-order chi connectivity index (χ1) is 7.40. The lowest BCUT2D eigenvalue weighted by atomic mass is 10.0. The van der Waals surface area contributed by atoms with Crippen LogP contribution >= 0.6 is 0 Å². The van der Waals surface area contributed by atoms with E-state index >= 15 is 0 Å². The van der Waals surface area contributed by atoms with Crippen molar-refractivity contribution in [2.45, 2.75) is 64.1 Å². The number of aliphatic hydroxyl groups is 1. The van der Waals surface area contributed by atoms with Crippen LogP contribution in [0.2, 0.25) is 0 Å². The number of ether oxygens (including phenoxy) is 2. The van der Waals surface area contributed by atoms with Gasteiger partial charge >= 0.3 is 5.97 Å². The van der Waals surface area contributed by atoms with Crippen LogP contribution in [0.4, 0.5) is 0 Å². The van der Waals surface area contributed by atoms with Crippen LogP contribution < -0.4 is 5.73 Å². The van der Waals surface area contributed by atoms with E-state index in [1.54, 1.807) is 0 Å². The number of carbonyl (C=O) groups is 1. The molecule has 3 N–H and O–H groups in total. The molecule has 0 radical (unpaired) electrons. The smallest absolute Gasteiger partial charge is 0.325 e. The Hall–Kier alpha value is -0.650. The number of hydrogen-bond donors (Lipinski definition) is 2. The molecule has 94 valence electrons. The molecule has 0 aromatic heterocycles. The summed E-state index contributed by atoms with van der Waals surface area (Å²) in [6, 6.07) is -0.964. The Morgan fingerprint density at radius 1 is 1.44 bits per heavy atom. The van der Waals surface area contributed by atoms with E-state index in [0.29, 0.717) is 12.8 Å². The summed E-state index contributed by atoms with van der Waals surface area (Å²) in [5.74, 6) is -0.540. The standard InChI is InChI=1S/C11H21NO4/c1-6-4-9(5-7(2)15-6)16-11(14)10(12)8(3)13/h6-10,13H,4-5,12H2,1-3H3/t6?,7?,8-,9?,10+/m1/s1. The summed E-state index contributed by atoms with van der Waals surface area (Å²) < 4.78 is 10.8. The molecule has 1 aliphatic heterocycles. The van der Waals surface area contributed by atoms with E-state index in [1.165, 1.54) is 6.92 Å². The Morgan fingerprint density at radius 2 is 1.94 bits per heavy atom. The van der Waals surface area contributed by atoms with E-state index in [9.17, 15) is 9.90 Å². The van der Waals surface area contributed by atoms with Gasteiger partial charge in [-0.3, -0.25) is 4.79 Å². The van der Waals surface area contributed by atoms with E-state index in [4.69, 9.17) is 15.2 Å². The average Bonchev–Trinajstić information content (AvgIpc) is 2.14. The normalized spacial score (nSPS) is 34.2. The van der Waals surface area contributed by atoms with Crippen molar-refractivity contribution in [1.29, 1.82) is 0 Å². The number of rotatable bonds is 3. The van der Waals surface area contributed by atoms with Crippen LogP contribution in [-0.2, 0) is 14.3 Å².